The second-order valence-electron chi connectivity index (χ2n) is 4.74. The Hall–Kier alpha value is -1.31. The van der Waals surface area contributed by atoms with Crippen molar-refractivity contribution in [2.45, 2.75) is 20.0 Å². The lowest BCUT2D eigenvalue weighted by molar-refractivity contribution is -0.156. The molecule has 1 amide bonds. The van der Waals surface area contributed by atoms with Gasteiger partial charge in [0.25, 0.3) is 5.91 Å². The second kappa shape index (κ2) is 9.75. The Bertz CT molecular complexity index is 544. The number of methoxy groups -OCH3 is 1. The molecule has 128 valence electrons. The number of carbonyl (C=O) groups is 2. The third-order valence-corrected chi connectivity index (χ3v) is 3.55. The maximum absolute atomic E-state index is 11.7. The summed E-state index contributed by atoms with van der Waals surface area (Å²) >= 11 is 9.38. The van der Waals surface area contributed by atoms with Crippen LogP contribution in [-0.4, -0.2) is 44.8 Å². The van der Waals surface area contributed by atoms with Crippen LogP contribution in [0, 0.1) is 6.92 Å². The van der Waals surface area contributed by atoms with Gasteiger partial charge in [0.1, 0.15) is 5.75 Å². The van der Waals surface area contributed by atoms with Gasteiger partial charge in [-0.15, -0.1) is 0 Å². The van der Waals surface area contributed by atoms with Crippen molar-refractivity contribution in [2.75, 3.05) is 26.9 Å². The number of ether oxygens (including phenoxy) is 3. The monoisotopic (exact) mass is 407 g/mol. The van der Waals surface area contributed by atoms with Crippen molar-refractivity contribution >= 4 is 39.4 Å². The highest BCUT2D eigenvalue weighted by Gasteiger charge is 2.18. The molecule has 6 nitrogen and oxygen atoms in total. The summed E-state index contributed by atoms with van der Waals surface area (Å²) in [6, 6.07) is 3.49. The lowest BCUT2D eigenvalue weighted by Crippen LogP contribution is -2.38. The van der Waals surface area contributed by atoms with Crippen molar-refractivity contribution in [3.8, 4) is 5.75 Å². The molecule has 0 saturated heterocycles. The van der Waals surface area contributed by atoms with E-state index in [4.69, 9.17) is 25.8 Å². The molecule has 1 aromatic rings. The number of rotatable bonds is 8. The number of hydrogen-bond acceptors (Lipinski definition) is 5. The first-order chi connectivity index (χ1) is 10.8. The average Bonchev–Trinajstić information content (AvgIpc) is 2.46. The van der Waals surface area contributed by atoms with Crippen LogP contribution >= 0.6 is 27.5 Å². The first-order valence-corrected chi connectivity index (χ1v) is 8.06. The standard InChI is InChI=1S/C15H19BrClNO5/c1-9-6-11(16)7-12(17)14(9)22-8-13(19)23-10(2)15(20)18-4-5-21-3/h6-7,10H,4-5,8H2,1-3H3,(H,18,20)/t10-/m0/s1. The van der Waals surface area contributed by atoms with Crippen LogP contribution in [-0.2, 0) is 19.1 Å². The van der Waals surface area contributed by atoms with Crippen LogP contribution in [0.4, 0.5) is 0 Å². The number of hydrogen-bond donors (Lipinski definition) is 1. The highest BCUT2D eigenvalue weighted by Crippen LogP contribution is 2.31. The van der Waals surface area contributed by atoms with Gasteiger partial charge in [-0.2, -0.15) is 0 Å². The van der Waals surface area contributed by atoms with Gasteiger partial charge in [0, 0.05) is 18.1 Å². The number of amides is 1. The van der Waals surface area contributed by atoms with E-state index < -0.39 is 18.0 Å². The Morgan fingerprint density at radius 3 is 2.70 bits per heavy atom. The van der Waals surface area contributed by atoms with Crippen molar-refractivity contribution < 1.29 is 23.8 Å². The molecule has 0 aromatic heterocycles. The zero-order chi connectivity index (χ0) is 17.4. The van der Waals surface area contributed by atoms with E-state index >= 15 is 0 Å². The average molecular weight is 409 g/mol. The van der Waals surface area contributed by atoms with Crippen molar-refractivity contribution in [1.82, 2.24) is 5.32 Å². The molecular weight excluding hydrogens is 390 g/mol. The first-order valence-electron chi connectivity index (χ1n) is 6.89. The van der Waals surface area contributed by atoms with Gasteiger partial charge in [0.2, 0.25) is 0 Å². The molecule has 1 atom stereocenters. The van der Waals surface area contributed by atoms with Crippen LogP contribution in [0.5, 0.6) is 5.75 Å². The molecule has 0 spiro atoms. The Morgan fingerprint density at radius 2 is 2.09 bits per heavy atom. The molecule has 23 heavy (non-hydrogen) atoms. The smallest absolute Gasteiger partial charge is 0.344 e. The fourth-order valence-corrected chi connectivity index (χ4v) is 2.73. The van der Waals surface area contributed by atoms with Crippen LogP contribution in [0.1, 0.15) is 12.5 Å². The van der Waals surface area contributed by atoms with Gasteiger partial charge in [-0.1, -0.05) is 27.5 Å². The quantitative estimate of drug-likeness (QED) is 0.528. The summed E-state index contributed by atoms with van der Waals surface area (Å²) in [7, 11) is 1.53. The molecule has 0 aliphatic rings. The maximum Gasteiger partial charge on any atom is 0.344 e. The van der Waals surface area contributed by atoms with Crippen LogP contribution in [0.2, 0.25) is 5.02 Å². The van der Waals surface area contributed by atoms with Gasteiger partial charge < -0.3 is 19.5 Å². The number of nitrogens with one attached hydrogen (secondary N) is 1. The normalized spacial score (nSPS) is 11.7. The lowest BCUT2D eigenvalue weighted by Gasteiger charge is -2.15. The molecule has 0 radical (unpaired) electrons. The third-order valence-electron chi connectivity index (χ3n) is 2.81. The molecule has 0 fully saturated rings. The van der Waals surface area contributed by atoms with E-state index in [0.29, 0.717) is 23.9 Å². The Morgan fingerprint density at radius 1 is 1.39 bits per heavy atom. The Kier molecular flexibility index (Phi) is 8.36. The number of carbonyl (C=O) groups excluding carboxylic acids is 2. The molecule has 0 saturated carbocycles. The summed E-state index contributed by atoms with van der Waals surface area (Å²) in [6.07, 6.45) is -0.913. The van der Waals surface area contributed by atoms with Gasteiger partial charge in [-0.3, -0.25) is 4.79 Å². The van der Waals surface area contributed by atoms with Crippen molar-refractivity contribution in [3.63, 3.8) is 0 Å². The van der Waals surface area contributed by atoms with Crippen molar-refractivity contribution in [1.29, 1.82) is 0 Å². The minimum absolute atomic E-state index is 0.335. The molecule has 0 heterocycles. The first kappa shape index (κ1) is 19.7. The van der Waals surface area contributed by atoms with E-state index in [0.717, 1.165) is 10.0 Å². The topological polar surface area (TPSA) is 73.9 Å². The zero-order valence-corrected chi connectivity index (χ0v) is 15.5. The molecular formula is C15H19BrClNO5. The van der Waals surface area contributed by atoms with Gasteiger partial charge >= 0.3 is 5.97 Å². The highest BCUT2D eigenvalue weighted by atomic mass is 79.9. The lowest BCUT2D eigenvalue weighted by atomic mass is 10.2. The van der Waals surface area contributed by atoms with Gasteiger partial charge in [0.15, 0.2) is 12.7 Å². The fraction of sp³-hybridized carbons (Fsp3) is 0.467. The third kappa shape index (κ3) is 6.76. The van der Waals surface area contributed by atoms with Crippen molar-refractivity contribution in [3.05, 3.63) is 27.2 Å². The Labute approximate surface area is 148 Å². The number of aryl methyl sites for hydroxylation is 1. The molecule has 0 aliphatic carbocycles. The largest absolute Gasteiger partial charge is 0.480 e. The highest BCUT2D eigenvalue weighted by molar-refractivity contribution is 9.10. The van der Waals surface area contributed by atoms with E-state index in [1.54, 1.807) is 6.07 Å². The molecule has 0 bridgehead atoms. The summed E-state index contributed by atoms with van der Waals surface area (Å²) in [4.78, 5) is 23.4. The Balaban J connectivity index is 2.47. The minimum Gasteiger partial charge on any atom is -0.480 e. The molecule has 8 heteroatoms. The van der Waals surface area contributed by atoms with Crippen LogP contribution < -0.4 is 10.1 Å². The van der Waals surface area contributed by atoms with E-state index in [1.807, 2.05) is 13.0 Å². The van der Waals surface area contributed by atoms with E-state index in [-0.39, 0.29) is 6.61 Å². The fourth-order valence-electron chi connectivity index (χ4n) is 1.71. The van der Waals surface area contributed by atoms with Gasteiger partial charge in [-0.05, 0) is 31.5 Å². The zero-order valence-electron chi connectivity index (χ0n) is 13.2. The predicted molar refractivity (Wildman–Crippen MR) is 89.8 cm³/mol. The molecule has 1 rings (SSSR count). The van der Waals surface area contributed by atoms with E-state index in [2.05, 4.69) is 21.2 Å². The van der Waals surface area contributed by atoms with E-state index in [9.17, 15) is 9.59 Å². The summed E-state index contributed by atoms with van der Waals surface area (Å²) in [5.74, 6) is -0.643. The summed E-state index contributed by atoms with van der Waals surface area (Å²) in [5, 5.41) is 2.96. The number of esters is 1. The molecule has 1 N–H and O–H groups in total. The number of benzene rings is 1. The van der Waals surface area contributed by atoms with Gasteiger partial charge in [-0.25, -0.2) is 4.79 Å². The summed E-state index contributed by atoms with van der Waals surface area (Å²) < 4.78 is 16.0. The molecule has 0 unspecified atom stereocenters. The summed E-state index contributed by atoms with van der Waals surface area (Å²) in [5.41, 5.74) is 0.780. The van der Waals surface area contributed by atoms with E-state index in [1.165, 1.54) is 14.0 Å². The SMILES string of the molecule is COCCNC(=O)[C@H](C)OC(=O)COc1c(C)cc(Br)cc1Cl. The minimum atomic E-state index is -0.913. The van der Waals surface area contributed by atoms with Crippen LogP contribution in [0.15, 0.2) is 16.6 Å². The summed E-state index contributed by atoms with van der Waals surface area (Å²) in [6.45, 7) is 3.69. The van der Waals surface area contributed by atoms with Crippen LogP contribution in [0.3, 0.4) is 0 Å². The van der Waals surface area contributed by atoms with Crippen LogP contribution in [0.25, 0.3) is 0 Å². The molecule has 0 aliphatic heterocycles. The second-order valence-corrected chi connectivity index (χ2v) is 6.06. The molecule has 1 aromatic carbocycles. The van der Waals surface area contributed by atoms with Crippen molar-refractivity contribution in [2.24, 2.45) is 0 Å². The maximum atomic E-state index is 11.7. The van der Waals surface area contributed by atoms with Gasteiger partial charge in [0.05, 0.1) is 11.6 Å². The predicted octanol–water partition coefficient (Wildman–Crippen LogP) is 2.48. The number of halogens is 2.